The molecule has 8 heteroatoms. The van der Waals surface area contributed by atoms with Gasteiger partial charge in [0, 0.05) is 42.4 Å². The molecule has 1 spiro atoms. The number of amides is 3. The van der Waals surface area contributed by atoms with Crippen molar-refractivity contribution in [1.82, 2.24) is 4.90 Å². The zero-order valence-electron chi connectivity index (χ0n) is 25.1. The second-order valence-corrected chi connectivity index (χ2v) is 14.1. The predicted molar refractivity (Wildman–Crippen MR) is 178 cm³/mol. The summed E-state index contributed by atoms with van der Waals surface area (Å²) in [7, 11) is 0. The molecule has 3 aliphatic rings. The fraction of sp³-hybridized carbons (Fsp3) is 0.361. The normalized spacial score (nSPS) is 26.9. The molecule has 228 valence electrons. The second kappa shape index (κ2) is 11.9. The van der Waals surface area contributed by atoms with Crippen LogP contribution in [0.1, 0.15) is 26.2 Å². The van der Waals surface area contributed by atoms with Gasteiger partial charge in [-0.25, -0.2) is 0 Å². The van der Waals surface area contributed by atoms with Gasteiger partial charge >= 0.3 is 0 Å². The van der Waals surface area contributed by atoms with E-state index in [4.69, 9.17) is 0 Å². The molecule has 1 N–H and O–H groups in total. The number of benzene rings is 3. The Balaban J connectivity index is 1.42. The van der Waals surface area contributed by atoms with E-state index in [0.717, 1.165) is 28.6 Å². The lowest BCUT2D eigenvalue weighted by atomic mass is 9.66. The van der Waals surface area contributed by atoms with E-state index in [9.17, 15) is 19.5 Å². The SMILES string of the molecule is C=CCN(C(=O)C1N(CCCO)C(=O)[C@@H]2[C@@H](C(=O)N(CC=C)c3ccccc3)[C@@]3(C)CCC12S3)c1ccc2ccccc2c1. The summed E-state index contributed by atoms with van der Waals surface area (Å²) < 4.78 is -1.26. The highest BCUT2D eigenvalue weighted by Gasteiger charge is 2.77. The van der Waals surface area contributed by atoms with Crippen molar-refractivity contribution in [2.45, 2.75) is 41.7 Å². The molecule has 7 nitrogen and oxygen atoms in total. The van der Waals surface area contributed by atoms with Gasteiger partial charge in [0.25, 0.3) is 5.91 Å². The molecule has 2 unspecified atom stereocenters. The van der Waals surface area contributed by atoms with E-state index < -0.39 is 27.4 Å². The Hall–Kier alpha value is -3.88. The lowest BCUT2D eigenvalue weighted by Gasteiger charge is -2.38. The number of aliphatic hydroxyl groups excluding tert-OH is 1. The zero-order valence-corrected chi connectivity index (χ0v) is 25.9. The van der Waals surface area contributed by atoms with Crippen LogP contribution in [0, 0.1) is 11.8 Å². The van der Waals surface area contributed by atoms with Crippen molar-refractivity contribution in [1.29, 1.82) is 0 Å². The summed E-state index contributed by atoms with van der Waals surface area (Å²) in [6, 6.07) is 22.7. The van der Waals surface area contributed by atoms with Crippen LogP contribution in [0.15, 0.2) is 98.1 Å². The van der Waals surface area contributed by atoms with Crippen molar-refractivity contribution < 1.29 is 19.5 Å². The molecular formula is C36H39N3O4S. The maximum Gasteiger partial charge on any atom is 0.251 e. The predicted octanol–water partition coefficient (Wildman–Crippen LogP) is 5.44. The van der Waals surface area contributed by atoms with E-state index in [-0.39, 0.29) is 37.4 Å². The van der Waals surface area contributed by atoms with Gasteiger partial charge in [-0.1, -0.05) is 60.7 Å². The van der Waals surface area contributed by atoms with E-state index in [2.05, 4.69) is 20.1 Å². The van der Waals surface area contributed by atoms with Crippen molar-refractivity contribution in [2.24, 2.45) is 11.8 Å². The van der Waals surface area contributed by atoms with Crippen molar-refractivity contribution in [3.8, 4) is 0 Å². The van der Waals surface area contributed by atoms with Gasteiger partial charge in [-0.05, 0) is 61.2 Å². The number of hydrogen-bond acceptors (Lipinski definition) is 5. The van der Waals surface area contributed by atoms with Gasteiger partial charge in [0.2, 0.25) is 11.8 Å². The Bertz CT molecular complexity index is 1610. The average molecular weight is 610 g/mol. The number of thioether (sulfide) groups is 1. The monoisotopic (exact) mass is 609 g/mol. The number of likely N-dealkylation sites (tertiary alicyclic amines) is 1. The van der Waals surface area contributed by atoms with Crippen LogP contribution in [0.3, 0.4) is 0 Å². The summed E-state index contributed by atoms with van der Waals surface area (Å²) in [5, 5.41) is 11.8. The van der Waals surface area contributed by atoms with Crippen LogP contribution in [0.25, 0.3) is 10.8 Å². The highest BCUT2D eigenvalue weighted by atomic mass is 32.2. The van der Waals surface area contributed by atoms with Crippen LogP contribution < -0.4 is 9.80 Å². The number of aliphatic hydroxyl groups is 1. The van der Waals surface area contributed by atoms with Crippen LogP contribution in [0.2, 0.25) is 0 Å². The second-order valence-electron chi connectivity index (χ2n) is 12.2. The third kappa shape index (κ3) is 4.75. The Labute approximate surface area is 263 Å². The standard InChI is InChI=1S/C36H39N3O4S/c1-4-20-37(27-14-7-6-8-15-27)32(41)29-30-33(42)39(22-11-23-40)31(36(30)19-18-35(29,3)44-36)34(43)38(21-5-2)28-17-16-25-12-9-10-13-26(25)24-28/h4-10,12-17,24,29-31,40H,1-2,11,18-23H2,3H3/t29-,30-,31?,35+,36?/m0/s1. The van der Waals surface area contributed by atoms with Crippen LogP contribution >= 0.6 is 11.8 Å². The van der Waals surface area contributed by atoms with E-state index in [1.54, 1.807) is 38.6 Å². The molecule has 3 fully saturated rings. The minimum Gasteiger partial charge on any atom is -0.396 e. The molecule has 6 rings (SSSR count). The fourth-order valence-electron chi connectivity index (χ4n) is 7.73. The Morgan fingerprint density at radius 2 is 1.59 bits per heavy atom. The quantitative estimate of drug-likeness (QED) is 0.293. The van der Waals surface area contributed by atoms with E-state index in [0.29, 0.717) is 19.4 Å². The first-order chi connectivity index (χ1) is 21.3. The molecule has 3 aromatic carbocycles. The number of carbonyl (C=O) groups excluding carboxylic acids is 3. The molecule has 0 aromatic heterocycles. The van der Waals surface area contributed by atoms with E-state index >= 15 is 0 Å². The van der Waals surface area contributed by atoms with Crippen molar-refractivity contribution >= 4 is 51.6 Å². The molecular weight excluding hydrogens is 570 g/mol. The summed E-state index contributed by atoms with van der Waals surface area (Å²) >= 11 is 1.66. The van der Waals surface area contributed by atoms with Crippen molar-refractivity contribution in [2.75, 3.05) is 36.0 Å². The first kappa shape index (κ1) is 30.2. The fourth-order valence-corrected chi connectivity index (χ4v) is 10.1. The minimum absolute atomic E-state index is 0.0995. The van der Waals surface area contributed by atoms with Gasteiger partial charge in [-0.15, -0.1) is 24.9 Å². The van der Waals surface area contributed by atoms with E-state index in [1.165, 1.54) is 0 Å². The van der Waals surface area contributed by atoms with Gasteiger partial charge in [0.05, 0.1) is 16.6 Å². The van der Waals surface area contributed by atoms with Crippen molar-refractivity contribution in [3.05, 3.63) is 98.1 Å². The molecule has 3 amide bonds. The molecule has 5 atom stereocenters. The number of nitrogens with zero attached hydrogens (tertiary/aromatic N) is 3. The first-order valence-electron chi connectivity index (χ1n) is 15.3. The lowest BCUT2D eigenvalue weighted by Crippen LogP contribution is -2.55. The Kier molecular flexibility index (Phi) is 8.16. The number of anilines is 2. The molecule has 0 aliphatic carbocycles. The van der Waals surface area contributed by atoms with Crippen LogP contribution in [0.5, 0.6) is 0 Å². The Morgan fingerprint density at radius 3 is 2.27 bits per heavy atom. The van der Waals surface area contributed by atoms with Crippen LogP contribution in [0.4, 0.5) is 11.4 Å². The molecule has 3 heterocycles. The molecule has 0 saturated carbocycles. The largest absolute Gasteiger partial charge is 0.396 e. The summed E-state index contributed by atoms with van der Waals surface area (Å²) in [5.41, 5.74) is 1.49. The maximum atomic E-state index is 14.9. The molecule has 3 aromatic rings. The number of para-hydroxylation sites is 1. The minimum atomic E-state index is -0.771. The number of carbonyl (C=O) groups is 3. The third-order valence-electron chi connectivity index (χ3n) is 9.60. The van der Waals surface area contributed by atoms with Gasteiger partial charge in [-0.3, -0.25) is 14.4 Å². The number of rotatable bonds is 11. The van der Waals surface area contributed by atoms with Gasteiger partial charge in [0.1, 0.15) is 6.04 Å². The highest BCUT2D eigenvalue weighted by molar-refractivity contribution is 8.02. The summed E-state index contributed by atoms with van der Waals surface area (Å²) in [5.74, 6) is -1.71. The number of hydrogen-bond donors (Lipinski definition) is 1. The maximum absolute atomic E-state index is 14.9. The molecule has 3 saturated heterocycles. The average Bonchev–Trinajstić information content (AvgIpc) is 3.61. The first-order valence-corrected chi connectivity index (χ1v) is 16.1. The zero-order chi connectivity index (χ0) is 31.1. The van der Waals surface area contributed by atoms with Gasteiger partial charge < -0.3 is 19.8 Å². The third-order valence-corrected chi connectivity index (χ3v) is 11.6. The van der Waals surface area contributed by atoms with E-state index in [1.807, 2.05) is 72.8 Å². The molecule has 3 aliphatic heterocycles. The topological polar surface area (TPSA) is 81.2 Å². The summed E-state index contributed by atoms with van der Waals surface area (Å²) in [6.45, 7) is 10.7. The molecule has 44 heavy (non-hydrogen) atoms. The van der Waals surface area contributed by atoms with Crippen molar-refractivity contribution in [3.63, 3.8) is 0 Å². The molecule has 0 radical (unpaired) electrons. The number of fused-ring (bicyclic) bond motifs is 2. The van der Waals surface area contributed by atoms with Gasteiger partial charge in [0.15, 0.2) is 0 Å². The molecule has 2 bridgehead atoms. The summed E-state index contributed by atoms with van der Waals surface area (Å²) in [4.78, 5) is 49.0. The van der Waals surface area contributed by atoms with Gasteiger partial charge in [-0.2, -0.15) is 0 Å². The lowest BCUT2D eigenvalue weighted by molar-refractivity contribution is -0.139. The van der Waals surface area contributed by atoms with Crippen LogP contribution in [-0.2, 0) is 14.4 Å². The highest BCUT2D eigenvalue weighted by Crippen LogP contribution is 2.71. The smallest absolute Gasteiger partial charge is 0.251 e. The van der Waals surface area contributed by atoms with Crippen LogP contribution in [-0.4, -0.2) is 69.5 Å². The Morgan fingerprint density at radius 1 is 0.932 bits per heavy atom. The summed E-state index contributed by atoms with van der Waals surface area (Å²) in [6.07, 6.45) is 5.15.